The number of carbonyl (C=O) groups is 2. The van der Waals surface area contributed by atoms with Crippen LogP contribution in [0.2, 0.25) is 0 Å². The zero-order valence-electron chi connectivity index (χ0n) is 8.99. The summed E-state index contributed by atoms with van der Waals surface area (Å²) in [6.07, 6.45) is 0.596. The molecule has 1 fully saturated rings. The first-order valence-electron chi connectivity index (χ1n) is 5.00. The molecule has 1 rings (SSSR count). The van der Waals surface area contributed by atoms with Crippen molar-refractivity contribution >= 4 is 17.8 Å². The van der Waals surface area contributed by atoms with Crippen LogP contribution >= 0.6 is 0 Å². The number of guanidine groups is 1. The lowest BCUT2D eigenvalue weighted by atomic mass is 10.1. The van der Waals surface area contributed by atoms with Gasteiger partial charge in [-0.05, 0) is 13.3 Å². The van der Waals surface area contributed by atoms with Gasteiger partial charge in [-0.3, -0.25) is 19.9 Å². The number of nitrogens with one attached hydrogen (secondary N) is 1. The van der Waals surface area contributed by atoms with Gasteiger partial charge in [0.15, 0.2) is 5.96 Å². The van der Waals surface area contributed by atoms with E-state index in [-0.39, 0.29) is 24.3 Å². The van der Waals surface area contributed by atoms with Crippen molar-refractivity contribution in [3.05, 3.63) is 0 Å². The molecule has 6 heteroatoms. The van der Waals surface area contributed by atoms with Crippen LogP contribution in [-0.2, 0) is 9.59 Å². The maximum absolute atomic E-state index is 11.5. The standard InChI is InChI=1S/C9H16N4O2/c1-3-6-8(15)12-7(14)5-13(6)9(10)11-4-2/h6H,3-5H2,1-2H3,(H2,10,11)(H,12,14,15). The van der Waals surface area contributed by atoms with Crippen molar-refractivity contribution in [2.45, 2.75) is 26.3 Å². The molecule has 0 aromatic carbocycles. The molecule has 1 aliphatic heterocycles. The van der Waals surface area contributed by atoms with Gasteiger partial charge in [-0.25, -0.2) is 0 Å². The van der Waals surface area contributed by atoms with Crippen LogP contribution in [0.4, 0.5) is 0 Å². The summed E-state index contributed by atoms with van der Waals surface area (Å²) in [6, 6.07) is -0.391. The minimum atomic E-state index is -0.391. The largest absolute Gasteiger partial charge is 0.370 e. The van der Waals surface area contributed by atoms with E-state index in [1.54, 1.807) is 4.90 Å². The zero-order chi connectivity index (χ0) is 11.4. The quantitative estimate of drug-likeness (QED) is 0.351. The van der Waals surface area contributed by atoms with Crippen LogP contribution in [-0.4, -0.2) is 41.8 Å². The summed E-state index contributed by atoms with van der Waals surface area (Å²) in [6.45, 7) is 4.35. The molecule has 0 radical (unpaired) electrons. The SMILES string of the molecule is CCN=C(N)N1CC(=O)NC(=O)C1CC. The Morgan fingerprint density at radius 1 is 1.60 bits per heavy atom. The van der Waals surface area contributed by atoms with Gasteiger partial charge in [0.2, 0.25) is 11.8 Å². The third-order valence-electron chi connectivity index (χ3n) is 2.26. The second-order valence-corrected chi connectivity index (χ2v) is 3.30. The second-order valence-electron chi connectivity index (χ2n) is 3.30. The smallest absolute Gasteiger partial charge is 0.249 e. The predicted molar refractivity (Wildman–Crippen MR) is 56.1 cm³/mol. The highest BCUT2D eigenvalue weighted by Crippen LogP contribution is 2.08. The van der Waals surface area contributed by atoms with Crippen molar-refractivity contribution in [1.82, 2.24) is 10.2 Å². The highest BCUT2D eigenvalue weighted by atomic mass is 16.2. The zero-order valence-corrected chi connectivity index (χ0v) is 8.99. The number of nitrogens with zero attached hydrogens (tertiary/aromatic N) is 2. The molecule has 0 bridgehead atoms. The summed E-state index contributed by atoms with van der Waals surface area (Å²) < 4.78 is 0. The number of carbonyl (C=O) groups excluding carboxylic acids is 2. The van der Waals surface area contributed by atoms with Crippen molar-refractivity contribution in [2.24, 2.45) is 10.7 Å². The maximum Gasteiger partial charge on any atom is 0.249 e. The first kappa shape index (κ1) is 11.5. The molecule has 1 unspecified atom stereocenters. The first-order valence-corrected chi connectivity index (χ1v) is 5.00. The number of imide groups is 1. The summed E-state index contributed by atoms with van der Waals surface area (Å²) in [5.41, 5.74) is 5.69. The molecule has 0 aromatic heterocycles. The number of amides is 2. The number of aliphatic imine (C=N–C) groups is 1. The molecule has 1 heterocycles. The molecule has 0 aromatic rings. The Morgan fingerprint density at radius 3 is 2.80 bits per heavy atom. The Kier molecular flexibility index (Phi) is 3.65. The average Bonchev–Trinajstić information content (AvgIpc) is 2.17. The normalized spacial score (nSPS) is 22.9. The lowest BCUT2D eigenvalue weighted by Gasteiger charge is -2.33. The molecule has 84 valence electrons. The van der Waals surface area contributed by atoms with E-state index in [2.05, 4.69) is 10.3 Å². The summed E-state index contributed by atoms with van der Waals surface area (Å²) in [7, 11) is 0. The van der Waals surface area contributed by atoms with Crippen LogP contribution in [0.1, 0.15) is 20.3 Å². The van der Waals surface area contributed by atoms with Crippen molar-refractivity contribution in [3.63, 3.8) is 0 Å². The highest BCUT2D eigenvalue weighted by molar-refractivity contribution is 6.04. The van der Waals surface area contributed by atoms with Gasteiger partial charge < -0.3 is 10.6 Å². The Bertz CT molecular complexity index is 300. The average molecular weight is 212 g/mol. The summed E-state index contributed by atoms with van der Waals surface area (Å²) >= 11 is 0. The van der Waals surface area contributed by atoms with Gasteiger partial charge in [0.1, 0.15) is 12.6 Å². The minimum Gasteiger partial charge on any atom is -0.370 e. The van der Waals surface area contributed by atoms with E-state index in [9.17, 15) is 9.59 Å². The lowest BCUT2D eigenvalue weighted by molar-refractivity contribution is -0.137. The van der Waals surface area contributed by atoms with E-state index in [4.69, 9.17) is 5.73 Å². The van der Waals surface area contributed by atoms with Crippen molar-refractivity contribution in [1.29, 1.82) is 0 Å². The lowest BCUT2D eigenvalue weighted by Crippen LogP contribution is -2.61. The molecule has 1 aliphatic rings. The molecular formula is C9H16N4O2. The van der Waals surface area contributed by atoms with E-state index in [1.165, 1.54) is 0 Å². The monoisotopic (exact) mass is 212 g/mol. The van der Waals surface area contributed by atoms with Crippen LogP contribution < -0.4 is 11.1 Å². The van der Waals surface area contributed by atoms with Gasteiger partial charge in [-0.15, -0.1) is 0 Å². The van der Waals surface area contributed by atoms with Crippen molar-refractivity contribution in [2.75, 3.05) is 13.1 Å². The molecule has 6 nitrogen and oxygen atoms in total. The molecule has 1 atom stereocenters. The number of hydrogen-bond acceptors (Lipinski definition) is 3. The minimum absolute atomic E-state index is 0.0968. The Hall–Kier alpha value is -1.59. The number of rotatable bonds is 2. The third kappa shape index (κ3) is 2.45. The molecule has 1 saturated heterocycles. The fraction of sp³-hybridized carbons (Fsp3) is 0.667. The fourth-order valence-electron chi connectivity index (χ4n) is 1.57. The summed E-state index contributed by atoms with van der Waals surface area (Å²) in [5, 5.41) is 2.28. The van der Waals surface area contributed by atoms with E-state index < -0.39 is 6.04 Å². The Morgan fingerprint density at radius 2 is 2.27 bits per heavy atom. The summed E-state index contributed by atoms with van der Waals surface area (Å²) in [4.78, 5) is 28.2. The van der Waals surface area contributed by atoms with Crippen molar-refractivity contribution < 1.29 is 9.59 Å². The second kappa shape index (κ2) is 4.77. The highest BCUT2D eigenvalue weighted by Gasteiger charge is 2.33. The Labute approximate surface area is 88.5 Å². The van der Waals surface area contributed by atoms with Gasteiger partial charge in [-0.1, -0.05) is 6.92 Å². The van der Waals surface area contributed by atoms with Crippen LogP contribution in [0.25, 0.3) is 0 Å². The van der Waals surface area contributed by atoms with Gasteiger partial charge in [0.25, 0.3) is 0 Å². The molecule has 15 heavy (non-hydrogen) atoms. The first-order chi connectivity index (χ1) is 7.10. The Balaban J connectivity index is 2.87. The van der Waals surface area contributed by atoms with Crippen molar-refractivity contribution in [3.8, 4) is 0 Å². The van der Waals surface area contributed by atoms with Crippen LogP contribution in [0.3, 0.4) is 0 Å². The van der Waals surface area contributed by atoms with E-state index in [0.717, 1.165) is 0 Å². The maximum atomic E-state index is 11.5. The third-order valence-corrected chi connectivity index (χ3v) is 2.26. The topological polar surface area (TPSA) is 87.8 Å². The molecule has 3 N–H and O–H groups in total. The van der Waals surface area contributed by atoms with Gasteiger partial charge in [0.05, 0.1) is 0 Å². The van der Waals surface area contributed by atoms with E-state index in [1.807, 2.05) is 13.8 Å². The van der Waals surface area contributed by atoms with Gasteiger partial charge in [-0.2, -0.15) is 0 Å². The van der Waals surface area contributed by atoms with E-state index in [0.29, 0.717) is 13.0 Å². The molecule has 0 spiro atoms. The molecule has 2 amide bonds. The van der Waals surface area contributed by atoms with Gasteiger partial charge >= 0.3 is 0 Å². The van der Waals surface area contributed by atoms with Crippen LogP contribution in [0, 0.1) is 0 Å². The predicted octanol–water partition coefficient (Wildman–Crippen LogP) is -0.942. The van der Waals surface area contributed by atoms with Crippen LogP contribution in [0.15, 0.2) is 4.99 Å². The molecular weight excluding hydrogens is 196 g/mol. The number of piperazine rings is 1. The summed E-state index contributed by atoms with van der Waals surface area (Å²) in [5.74, 6) is -0.380. The van der Waals surface area contributed by atoms with Crippen LogP contribution in [0.5, 0.6) is 0 Å². The van der Waals surface area contributed by atoms with E-state index >= 15 is 0 Å². The molecule has 0 saturated carbocycles. The number of hydrogen-bond donors (Lipinski definition) is 2. The van der Waals surface area contributed by atoms with Gasteiger partial charge in [0, 0.05) is 6.54 Å². The molecule has 0 aliphatic carbocycles. The number of nitrogens with two attached hydrogens (primary N) is 1. The fourth-order valence-corrected chi connectivity index (χ4v) is 1.57.